The van der Waals surface area contributed by atoms with E-state index >= 15 is 0 Å². The number of benzene rings is 1. The largest absolute Gasteiger partial charge is 0.368 e. The predicted octanol–water partition coefficient (Wildman–Crippen LogP) is 2.57. The van der Waals surface area contributed by atoms with Crippen molar-refractivity contribution in [1.82, 2.24) is 9.97 Å². The first-order chi connectivity index (χ1) is 12.1. The number of hydrogen-bond donors (Lipinski definition) is 2. The fourth-order valence-corrected chi connectivity index (χ4v) is 3.63. The Morgan fingerprint density at radius 1 is 0.963 bits per heavy atom. The fourth-order valence-electron chi connectivity index (χ4n) is 3.63. The number of aromatic nitrogens is 2. The number of anilines is 3. The molecule has 4 rings (SSSR count). The van der Waals surface area contributed by atoms with E-state index in [2.05, 4.69) is 19.8 Å². The monoisotopic (exact) mass is 414 g/mol. The summed E-state index contributed by atoms with van der Waals surface area (Å²) in [4.78, 5) is 13.0. The number of hydrogen-bond acceptors (Lipinski definition) is 6. The molecule has 4 N–H and O–H groups in total. The Bertz CT molecular complexity index is 763. The molecule has 0 radical (unpaired) electrons. The van der Waals surface area contributed by atoms with Crippen LogP contribution in [-0.4, -0.2) is 42.2 Å². The maximum atomic E-state index is 14.0. The Labute approximate surface area is 171 Å². The molecule has 1 aromatic carbocycles. The summed E-state index contributed by atoms with van der Waals surface area (Å²) >= 11 is 0. The number of piperazine rings is 1. The summed E-state index contributed by atoms with van der Waals surface area (Å²) in [5, 5.41) is 0. The number of halogens is 3. The molecule has 1 saturated carbocycles. The molecule has 2 heterocycles. The highest BCUT2D eigenvalue weighted by Gasteiger charge is 2.30. The average molecular weight is 415 g/mol. The molecular weight excluding hydrogens is 390 g/mol. The minimum atomic E-state index is -0.175. The molecule has 1 aliphatic heterocycles. The summed E-state index contributed by atoms with van der Waals surface area (Å²) in [6, 6.07) is 9.21. The van der Waals surface area contributed by atoms with Crippen molar-refractivity contribution in [2.24, 2.45) is 5.73 Å². The van der Waals surface area contributed by atoms with E-state index < -0.39 is 0 Å². The maximum absolute atomic E-state index is 14.0. The van der Waals surface area contributed by atoms with Crippen LogP contribution < -0.4 is 21.3 Å². The van der Waals surface area contributed by atoms with Gasteiger partial charge in [0.2, 0.25) is 5.95 Å². The average Bonchev–Trinajstić information content (AvgIpc) is 2.59. The van der Waals surface area contributed by atoms with Gasteiger partial charge in [0.05, 0.1) is 11.4 Å². The van der Waals surface area contributed by atoms with E-state index in [4.69, 9.17) is 11.5 Å². The third-order valence-corrected chi connectivity index (χ3v) is 5.14. The summed E-state index contributed by atoms with van der Waals surface area (Å²) in [5.41, 5.74) is 13.4. The van der Waals surface area contributed by atoms with E-state index in [9.17, 15) is 4.39 Å². The van der Waals surface area contributed by atoms with E-state index in [1.807, 2.05) is 18.2 Å². The van der Waals surface area contributed by atoms with Crippen LogP contribution in [0, 0.1) is 5.82 Å². The van der Waals surface area contributed by atoms with E-state index in [1.165, 1.54) is 6.07 Å². The number of rotatable bonds is 3. The maximum Gasteiger partial charge on any atom is 0.222 e. The molecule has 2 aliphatic rings. The minimum absolute atomic E-state index is 0. The van der Waals surface area contributed by atoms with Crippen molar-refractivity contribution in [3.05, 3.63) is 41.8 Å². The summed E-state index contributed by atoms with van der Waals surface area (Å²) in [5.74, 6) is 1.38. The summed E-state index contributed by atoms with van der Waals surface area (Å²) in [6.07, 6.45) is 1.91. The van der Waals surface area contributed by atoms with Gasteiger partial charge in [0.15, 0.2) is 0 Å². The first-order valence-corrected chi connectivity index (χ1v) is 8.74. The Kier molecular flexibility index (Phi) is 7.08. The van der Waals surface area contributed by atoms with Crippen molar-refractivity contribution in [3.63, 3.8) is 0 Å². The first-order valence-electron chi connectivity index (χ1n) is 8.74. The summed E-state index contributed by atoms with van der Waals surface area (Å²) < 4.78 is 14.0. The second-order valence-electron chi connectivity index (χ2n) is 6.86. The third-order valence-electron chi connectivity index (χ3n) is 5.14. The molecule has 2 aromatic rings. The molecule has 0 spiro atoms. The highest BCUT2D eigenvalue weighted by molar-refractivity contribution is 5.85. The van der Waals surface area contributed by atoms with Gasteiger partial charge in [0.1, 0.15) is 11.6 Å². The van der Waals surface area contributed by atoms with Gasteiger partial charge in [-0.25, -0.2) is 9.37 Å². The number of nitrogens with zero attached hydrogens (tertiary/aromatic N) is 4. The van der Waals surface area contributed by atoms with Gasteiger partial charge in [0, 0.05) is 44.2 Å². The zero-order chi connectivity index (χ0) is 17.4. The van der Waals surface area contributed by atoms with Crippen LogP contribution in [0.3, 0.4) is 0 Å². The van der Waals surface area contributed by atoms with Gasteiger partial charge < -0.3 is 21.3 Å². The smallest absolute Gasteiger partial charge is 0.222 e. The molecule has 148 valence electrons. The zero-order valence-corrected chi connectivity index (χ0v) is 16.6. The molecule has 2 fully saturated rings. The Morgan fingerprint density at radius 2 is 1.59 bits per heavy atom. The SMILES string of the molecule is Cl.Cl.Nc1nc(C2CC(N)C2)cc(N2CCN(c3ccccc3F)CC2)n1. The number of nitrogen functional groups attached to an aromatic ring is 1. The molecule has 9 heteroatoms. The van der Waals surface area contributed by atoms with Gasteiger partial charge in [0.25, 0.3) is 0 Å². The molecule has 6 nitrogen and oxygen atoms in total. The lowest BCUT2D eigenvalue weighted by molar-refractivity contribution is 0.345. The van der Waals surface area contributed by atoms with Crippen LogP contribution in [0.25, 0.3) is 0 Å². The molecule has 1 saturated heterocycles. The van der Waals surface area contributed by atoms with Gasteiger partial charge in [-0.1, -0.05) is 12.1 Å². The van der Waals surface area contributed by atoms with Crippen molar-refractivity contribution in [2.75, 3.05) is 41.7 Å². The topological polar surface area (TPSA) is 84.3 Å². The Hall–Kier alpha value is -1.83. The van der Waals surface area contributed by atoms with E-state index in [0.717, 1.165) is 50.5 Å². The van der Waals surface area contributed by atoms with E-state index in [1.54, 1.807) is 6.07 Å². The van der Waals surface area contributed by atoms with Gasteiger partial charge in [-0.05, 0) is 25.0 Å². The van der Waals surface area contributed by atoms with E-state index in [-0.39, 0.29) is 36.7 Å². The van der Waals surface area contributed by atoms with Crippen molar-refractivity contribution >= 4 is 42.3 Å². The number of para-hydroxylation sites is 1. The molecule has 0 unspecified atom stereocenters. The molecule has 0 atom stereocenters. The predicted molar refractivity (Wildman–Crippen MR) is 112 cm³/mol. The van der Waals surface area contributed by atoms with Crippen LogP contribution in [0.2, 0.25) is 0 Å². The van der Waals surface area contributed by atoms with Crippen molar-refractivity contribution in [1.29, 1.82) is 0 Å². The van der Waals surface area contributed by atoms with Crippen molar-refractivity contribution in [3.8, 4) is 0 Å². The van der Waals surface area contributed by atoms with Crippen LogP contribution in [0.1, 0.15) is 24.5 Å². The standard InChI is InChI=1S/C18H23FN6.2ClH/c19-14-3-1-2-4-16(14)24-5-7-25(8-6-24)17-11-15(22-18(21)23-17)12-9-13(20)10-12;;/h1-4,11-13H,5-10,20H2,(H2,21,22,23);2*1H. The van der Waals surface area contributed by atoms with Crippen LogP contribution in [0.15, 0.2) is 30.3 Å². The molecular formula is C18H25Cl2FN6. The van der Waals surface area contributed by atoms with Gasteiger partial charge >= 0.3 is 0 Å². The molecule has 0 bridgehead atoms. The minimum Gasteiger partial charge on any atom is -0.368 e. The quantitative estimate of drug-likeness (QED) is 0.802. The lowest BCUT2D eigenvalue weighted by Gasteiger charge is -2.37. The Balaban J connectivity index is 0.00000131. The van der Waals surface area contributed by atoms with Gasteiger partial charge in [-0.3, -0.25) is 0 Å². The first kappa shape index (κ1) is 21.5. The second kappa shape index (κ2) is 8.91. The van der Waals surface area contributed by atoms with Gasteiger partial charge in [-0.15, -0.1) is 24.8 Å². The van der Waals surface area contributed by atoms with Gasteiger partial charge in [-0.2, -0.15) is 4.98 Å². The Morgan fingerprint density at radius 3 is 2.22 bits per heavy atom. The molecule has 1 aromatic heterocycles. The van der Waals surface area contributed by atoms with Crippen LogP contribution in [-0.2, 0) is 0 Å². The molecule has 27 heavy (non-hydrogen) atoms. The third kappa shape index (κ3) is 4.54. The summed E-state index contributed by atoms with van der Waals surface area (Å²) in [6.45, 7) is 3.03. The molecule has 0 amide bonds. The molecule has 1 aliphatic carbocycles. The summed E-state index contributed by atoms with van der Waals surface area (Å²) in [7, 11) is 0. The highest BCUT2D eigenvalue weighted by atomic mass is 35.5. The van der Waals surface area contributed by atoms with Crippen LogP contribution >= 0.6 is 24.8 Å². The number of nitrogens with two attached hydrogens (primary N) is 2. The normalized spacial score (nSPS) is 21.7. The lowest BCUT2D eigenvalue weighted by Crippen LogP contribution is -2.47. The van der Waals surface area contributed by atoms with E-state index in [0.29, 0.717) is 17.6 Å². The van der Waals surface area contributed by atoms with Crippen molar-refractivity contribution < 1.29 is 4.39 Å². The fraction of sp³-hybridized carbons (Fsp3) is 0.444. The highest BCUT2D eigenvalue weighted by Crippen LogP contribution is 2.36. The van der Waals surface area contributed by atoms with Crippen LogP contribution in [0.4, 0.5) is 21.8 Å². The lowest BCUT2D eigenvalue weighted by atomic mass is 9.78. The van der Waals surface area contributed by atoms with Crippen LogP contribution in [0.5, 0.6) is 0 Å². The second-order valence-corrected chi connectivity index (χ2v) is 6.86. The zero-order valence-electron chi connectivity index (χ0n) is 14.9. The van der Waals surface area contributed by atoms with Crippen molar-refractivity contribution in [2.45, 2.75) is 24.8 Å².